The summed E-state index contributed by atoms with van der Waals surface area (Å²) in [6.07, 6.45) is 1.83. The third kappa shape index (κ3) is 4.03. The van der Waals surface area contributed by atoms with Gasteiger partial charge in [-0.1, -0.05) is 18.2 Å². The van der Waals surface area contributed by atoms with Crippen molar-refractivity contribution in [3.63, 3.8) is 0 Å². The van der Waals surface area contributed by atoms with Gasteiger partial charge in [-0.3, -0.25) is 9.59 Å². The molecule has 1 saturated carbocycles. The fourth-order valence-corrected chi connectivity index (χ4v) is 2.68. The van der Waals surface area contributed by atoms with Gasteiger partial charge in [-0.25, -0.2) is 4.39 Å². The van der Waals surface area contributed by atoms with Crippen molar-refractivity contribution in [1.29, 1.82) is 0 Å². The molecule has 0 radical (unpaired) electrons. The maximum absolute atomic E-state index is 13.2. The summed E-state index contributed by atoms with van der Waals surface area (Å²) in [5.41, 5.74) is 0.325. The van der Waals surface area contributed by atoms with Gasteiger partial charge in [-0.05, 0) is 55.2 Å². The van der Waals surface area contributed by atoms with Crippen molar-refractivity contribution in [2.45, 2.75) is 31.4 Å². The number of hydrogen-bond donors (Lipinski definition) is 3. The van der Waals surface area contributed by atoms with Crippen LogP contribution in [0.2, 0.25) is 0 Å². The molecule has 3 rings (SSSR count). The molecule has 0 aliphatic heterocycles. The zero-order valence-corrected chi connectivity index (χ0v) is 13.6. The Morgan fingerprint density at radius 3 is 2.56 bits per heavy atom. The van der Waals surface area contributed by atoms with Crippen LogP contribution in [0.15, 0.2) is 48.5 Å². The molecule has 3 N–H and O–H groups in total. The summed E-state index contributed by atoms with van der Waals surface area (Å²) in [4.78, 5) is 24.1. The zero-order chi connectivity index (χ0) is 17.9. The quantitative estimate of drug-likeness (QED) is 0.781. The minimum absolute atomic E-state index is 0.228. The summed E-state index contributed by atoms with van der Waals surface area (Å²) in [5.74, 6) is -1.25. The van der Waals surface area contributed by atoms with E-state index in [1.807, 2.05) is 6.07 Å². The summed E-state index contributed by atoms with van der Waals surface area (Å²) in [6.45, 7) is 0.255. The Bertz CT molecular complexity index is 803. The van der Waals surface area contributed by atoms with Crippen molar-refractivity contribution < 1.29 is 19.1 Å². The molecule has 0 spiro atoms. The molecule has 0 unspecified atom stereocenters. The molecular formula is C19H19FN2O3. The van der Waals surface area contributed by atoms with Crippen molar-refractivity contribution in [2.24, 2.45) is 0 Å². The molecule has 0 saturated heterocycles. The third-order valence-electron chi connectivity index (χ3n) is 4.33. The lowest BCUT2D eigenvalue weighted by Gasteiger charge is -2.34. The van der Waals surface area contributed by atoms with Gasteiger partial charge in [0.1, 0.15) is 11.4 Å². The molecule has 2 aromatic carbocycles. The summed E-state index contributed by atoms with van der Waals surface area (Å²) in [5, 5.41) is 15.4. The lowest BCUT2D eigenvalue weighted by molar-refractivity contribution is -0.148. The first-order chi connectivity index (χ1) is 12.0. The molecule has 0 heterocycles. The van der Waals surface area contributed by atoms with Crippen molar-refractivity contribution in [2.75, 3.05) is 5.32 Å². The number of anilines is 1. The van der Waals surface area contributed by atoms with Gasteiger partial charge in [0.15, 0.2) is 0 Å². The molecule has 25 heavy (non-hydrogen) atoms. The van der Waals surface area contributed by atoms with Crippen LogP contribution in [-0.4, -0.2) is 22.5 Å². The highest BCUT2D eigenvalue weighted by molar-refractivity contribution is 6.04. The Labute approximate surface area is 144 Å². The first kappa shape index (κ1) is 17.1. The molecule has 2 amide bonds. The fourth-order valence-electron chi connectivity index (χ4n) is 2.68. The highest BCUT2D eigenvalue weighted by atomic mass is 19.1. The molecule has 5 nitrogen and oxygen atoms in total. The molecule has 130 valence electrons. The van der Waals surface area contributed by atoms with E-state index in [0.29, 0.717) is 18.5 Å². The van der Waals surface area contributed by atoms with Crippen LogP contribution in [0.4, 0.5) is 10.1 Å². The number of halogens is 1. The number of carbonyl (C=O) groups excluding carboxylic acids is 2. The van der Waals surface area contributed by atoms with Gasteiger partial charge in [0.25, 0.3) is 11.8 Å². The number of rotatable bonds is 5. The van der Waals surface area contributed by atoms with Gasteiger partial charge in [-0.15, -0.1) is 0 Å². The van der Waals surface area contributed by atoms with Crippen LogP contribution >= 0.6 is 0 Å². The van der Waals surface area contributed by atoms with Gasteiger partial charge in [-0.2, -0.15) is 0 Å². The third-order valence-corrected chi connectivity index (χ3v) is 4.33. The second-order valence-electron chi connectivity index (χ2n) is 6.23. The van der Waals surface area contributed by atoms with Crippen LogP contribution in [0.25, 0.3) is 0 Å². The van der Waals surface area contributed by atoms with Crippen LogP contribution in [0.3, 0.4) is 0 Å². The molecule has 1 aliphatic rings. The van der Waals surface area contributed by atoms with Crippen LogP contribution < -0.4 is 10.6 Å². The van der Waals surface area contributed by atoms with E-state index in [9.17, 15) is 19.1 Å². The Kier molecular flexibility index (Phi) is 4.81. The number of aliphatic hydroxyl groups is 1. The minimum atomic E-state index is -1.23. The maximum atomic E-state index is 13.2. The zero-order valence-electron chi connectivity index (χ0n) is 13.6. The standard InChI is InChI=1S/C19H19FN2O3/c20-15-6-2-5-14(11-15)17(23)22-16-7-1-4-13(10-16)12-21-18(24)19(25)8-3-9-19/h1-2,4-7,10-11,25H,3,8-9,12H2,(H,21,24)(H,22,23). The topological polar surface area (TPSA) is 78.4 Å². The summed E-state index contributed by atoms with van der Waals surface area (Å²) < 4.78 is 13.2. The summed E-state index contributed by atoms with van der Waals surface area (Å²) >= 11 is 0. The molecule has 6 heteroatoms. The normalized spacial score (nSPS) is 15.1. The van der Waals surface area contributed by atoms with Gasteiger partial charge >= 0.3 is 0 Å². The molecule has 1 aliphatic carbocycles. The Hall–Kier alpha value is -2.73. The summed E-state index contributed by atoms with van der Waals surface area (Å²) in [6, 6.07) is 12.4. The first-order valence-corrected chi connectivity index (χ1v) is 8.13. The van der Waals surface area contributed by atoms with Crippen LogP contribution in [-0.2, 0) is 11.3 Å². The predicted molar refractivity (Wildman–Crippen MR) is 91.4 cm³/mol. The Morgan fingerprint density at radius 2 is 1.88 bits per heavy atom. The first-order valence-electron chi connectivity index (χ1n) is 8.13. The molecule has 0 atom stereocenters. The summed E-state index contributed by atoms with van der Waals surface area (Å²) in [7, 11) is 0. The minimum Gasteiger partial charge on any atom is -0.380 e. The van der Waals surface area contributed by atoms with Crippen LogP contribution in [0.5, 0.6) is 0 Å². The van der Waals surface area contributed by atoms with Gasteiger partial charge in [0.2, 0.25) is 0 Å². The Balaban J connectivity index is 1.61. The average Bonchev–Trinajstić information content (AvgIpc) is 2.58. The lowest BCUT2D eigenvalue weighted by Crippen LogP contribution is -2.51. The van der Waals surface area contributed by atoms with E-state index in [2.05, 4.69) is 10.6 Å². The van der Waals surface area contributed by atoms with Crippen molar-refractivity contribution in [3.05, 3.63) is 65.5 Å². The maximum Gasteiger partial charge on any atom is 0.255 e. The number of amides is 2. The Morgan fingerprint density at radius 1 is 1.12 bits per heavy atom. The highest BCUT2D eigenvalue weighted by Crippen LogP contribution is 2.31. The molecule has 0 aromatic heterocycles. The number of hydrogen-bond acceptors (Lipinski definition) is 3. The van der Waals surface area contributed by atoms with Crippen LogP contribution in [0, 0.1) is 5.82 Å². The van der Waals surface area contributed by atoms with Crippen molar-refractivity contribution in [1.82, 2.24) is 5.32 Å². The lowest BCUT2D eigenvalue weighted by atomic mass is 9.79. The molecule has 0 bridgehead atoms. The van der Waals surface area contributed by atoms with E-state index in [-0.39, 0.29) is 18.0 Å². The van der Waals surface area contributed by atoms with Gasteiger partial charge < -0.3 is 15.7 Å². The van der Waals surface area contributed by atoms with Crippen molar-refractivity contribution in [3.8, 4) is 0 Å². The van der Waals surface area contributed by atoms with E-state index < -0.39 is 17.3 Å². The van der Waals surface area contributed by atoms with Gasteiger partial charge in [0.05, 0.1) is 0 Å². The van der Waals surface area contributed by atoms with E-state index >= 15 is 0 Å². The monoisotopic (exact) mass is 342 g/mol. The molecule has 2 aromatic rings. The van der Waals surface area contributed by atoms with Crippen LogP contribution in [0.1, 0.15) is 35.2 Å². The second kappa shape index (κ2) is 7.03. The molecular weight excluding hydrogens is 323 g/mol. The van der Waals surface area contributed by atoms with E-state index in [0.717, 1.165) is 12.0 Å². The second-order valence-corrected chi connectivity index (χ2v) is 6.23. The fraction of sp³-hybridized carbons (Fsp3) is 0.263. The highest BCUT2D eigenvalue weighted by Gasteiger charge is 2.41. The average molecular weight is 342 g/mol. The van der Waals surface area contributed by atoms with Crippen molar-refractivity contribution >= 4 is 17.5 Å². The SMILES string of the molecule is O=C(Nc1cccc(CNC(=O)C2(O)CCC2)c1)c1cccc(F)c1. The smallest absolute Gasteiger partial charge is 0.255 e. The van der Waals surface area contributed by atoms with E-state index in [1.54, 1.807) is 18.2 Å². The van der Waals surface area contributed by atoms with E-state index in [4.69, 9.17) is 0 Å². The number of carbonyl (C=O) groups is 2. The molecule has 1 fully saturated rings. The predicted octanol–water partition coefficient (Wildman–Crippen LogP) is 2.61. The van der Waals surface area contributed by atoms with E-state index in [1.165, 1.54) is 24.3 Å². The number of benzene rings is 2. The number of nitrogens with one attached hydrogen (secondary N) is 2. The largest absolute Gasteiger partial charge is 0.380 e. The van der Waals surface area contributed by atoms with Gasteiger partial charge in [0, 0.05) is 17.8 Å².